The lowest BCUT2D eigenvalue weighted by Crippen LogP contribution is -3.00. The van der Waals surface area contributed by atoms with E-state index < -0.39 is 11.9 Å². The Bertz CT molecular complexity index is 134. The summed E-state index contributed by atoms with van der Waals surface area (Å²) in [4.78, 5) is 20.9. The molecule has 0 aliphatic heterocycles. The van der Waals surface area contributed by atoms with Crippen molar-refractivity contribution in [2.45, 2.75) is 0 Å². The van der Waals surface area contributed by atoms with Gasteiger partial charge in [0.15, 0.2) is 0 Å². The Labute approximate surface area is 76.8 Å². The minimum Gasteiger partial charge on any atom is -1.00 e. The van der Waals surface area contributed by atoms with Gasteiger partial charge in [0, 0.05) is 0 Å². The molecule has 0 radical (unpaired) electrons. The van der Waals surface area contributed by atoms with E-state index in [9.17, 15) is 9.59 Å². The standard InChI is InChI=1S/C6H11NO4.ClH/c1-10-5(8)3-7-4-6(9)11-2;/h7H,3-4H2,1-2H3;1H/p-1. The highest BCUT2D eigenvalue weighted by Crippen LogP contribution is 1.72. The molecular weight excluding hydrogens is 186 g/mol. The van der Waals surface area contributed by atoms with Crippen molar-refractivity contribution < 1.29 is 31.5 Å². The molecule has 5 nitrogen and oxygen atoms in total. The van der Waals surface area contributed by atoms with Crippen LogP contribution in [0.4, 0.5) is 0 Å². The van der Waals surface area contributed by atoms with Crippen LogP contribution in [0.1, 0.15) is 0 Å². The molecule has 0 fully saturated rings. The largest absolute Gasteiger partial charge is 1.00 e. The van der Waals surface area contributed by atoms with E-state index in [0.717, 1.165) is 0 Å². The van der Waals surface area contributed by atoms with Gasteiger partial charge in [-0.25, -0.2) is 0 Å². The van der Waals surface area contributed by atoms with Crippen LogP contribution >= 0.6 is 0 Å². The molecule has 0 spiro atoms. The smallest absolute Gasteiger partial charge is 0.319 e. The summed E-state index contributed by atoms with van der Waals surface area (Å²) in [5, 5.41) is 2.54. The molecule has 0 amide bonds. The van der Waals surface area contributed by atoms with Crippen LogP contribution in [0.25, 0.3) is 0 Å². The summed E-state index contributed by atoms with van der Waals surface area (Å²) in [7, 11) is 2.56. The molecule has 0 aromatic heterocycles. The fraction of sp³-hybridized carbons (Fsp3) is 0.667. The number of methoxy groups -OCH3 is 2. The third-order valence-corrected chi connectivity index (χ3v) is 0.994. The van der Waals surface area contributed by atoms with Gasteiger partial charge >= 0.3 is 11.9 Å². The number of esters is 2. The van der Waals surface area contributed by atoms with Gasteiger partial charge in [0.2, 0.25) is 0 Å². The number of carbonyl (C=O) groups is 2. The average Bonchev–Trinajstić information content (AvgIpc) is 2.04. The molecule has 0 atom stereocenters. The van der Waals surface area contributed by atoms with Crippen molar-refractivity contribution in [3.8, 4) is 0 Å². The van der Waals surface area contributed by atoms with Gasteiger partial charge in [0.1, 0.15) is 0 Å². The highest BCUT2D eigenvalue weighted by molar-refractivity contribution is 5.74. The Morgan fingerprint density at radius 1 is 1.08 bits per heavy atom. The average molecular weight is 197 g/mol. The van der Waals surface area contributed by atoms with Crippen LogP contribution in [0.5, 0.6) is 0 Å². The first-order chi connectivity index (χ1) is 5.20. The van der Waals surface area contributed by atoms with Crippen LogP contribution in [0.2, 0.25) is 0 Å². The summed E-state index contributed by atoms with van der Waals surface area (Å²) in [5.41, 5.74) is 0. The molecule has 0 saturated carbocycles. The Morgan fingerprint density at radius 2 is 1.42 bits per heavy atom. The van der Waals surface area contributed by atoms with E-state index in [0.29, 0.717) is 0 Å². The van der Waals surface area contributed by atoms with Crippen molar-refractivity contribution in [2.24, 2.45) is 0 Å². The summed E-state index contributed by atoms with van der Waals surface area (Å²) in [5.74, 6) is -0.817. The van der Waals surface area contributed by atoms with Crippen LogP contribution in [-0.4, -0.2) is 39.2 Å². The van der Waals surface area contributed by atoms with Crippen LogP contribution in [0, 0.1) is 0 Å². The predicted molar refractivity (Wildman–Crippen MR) is 36.9 cm³/mol. The molecule has 0 heterocycles. The van der Waals surface area contributed by atoms with Crippen LogP contribution in [-0.2, 0) is 19.1 Å². The van der Waals surface area contributed by atoms with Gasteiger partial charge in [-0.3, -0.25) is 14.9 Å². The van der Waals surface area contributed by atoms with Gasteiger partial charge in [-0.05, 0) is 0 Å². The number of carbonyl (C=O) groups excluding carboxylic acids is 2. The minimum atomic E-state index is -0.408. The minimum absolute atomic E-state index is 0. The summed E-state index contributed by atoms with van der Waals surface area (Å²) < 4.78 is 8.62. The predicted octanol–water partition coefficient (Wildman–Crippen LogP) is -4.07. The van der Waals surface area contributed by atoms with Crippen molar-refractivity contribution in [3.63, 3.8) is 0 Å². The molecule has 1 N–H and O–H groups in total. The third-order valence-electron chi connectivity index (χ3n) is 0.994. The quantitative estimate of drug-likeness (QED) is 0.464. The normalized spacial score (nSPS) is 8.17. The Kier molecular flexibility index (Phi) is 9.50. The maximum absolute atomic E-state index is 10.4. The van der Waals surface area contributed by atoms with Crippen molar-refractivity contribution in [3.05, 3.63) is 0 Å². The number of nitrogens with one attached hydrogen (secondary N) is 1. The molecule has 72 valence electrons. The molecule has 0 rings (SSSR count). The van der Waals surface area contributed by atoms with E-state index in [1.54, 1.807) is 0 Å². The lowest BCUT2D eigenvalue weighted by molar-refractivity contribution is -0.141. The molecule has 0 saturated heterocycles. The maximum atomic E-state index is 10.4. The van der Waals surface area contributed by atoms with Gasteiger partial charge < -0.3 is 21.9 Å². The highest BCUT2D eigenvalue weighted by Gasteiger charge is 2.01. The fourth-order valence-corrected chi connectivity index (χ4v) is 0.411. The maximum Gasteiger partial charge on any atom is 0.319 e. The van der Waals surface area contributed by atoms with Crippen LogP contribution in [0.3, 0.4) is 0 Å². The van der Waals surface area contributed by atoms with Crippen molar-refractivity contribution in [2.75, 3.05) is 27.3 Å². The zero-order chi connectivity index (χ0) is 8.69. The number of hydrogen-bond donors (Lipinski definition) is 1. The number of halogens is 1. The first kappa shape index (κ1) is 13.8. The van der Waals surface area contributed by atoms with E-state index in [1.807, 2.05) is 0 Å². The lowest BCUT2D eigenvalue weighted by Gasteiger charge is -2.00. The van der Waals surface area contributed by atoms with Crippen molar-refractivity contribution in [1.82, 2.24) is 5.32 Å². The van der Waals surface area contributed by atoms with Gasteiger partial charge in [0.25, 0.3) is 0 Å². The monoisotopic (exact) mass is 196 g/mol. The Morgan fingerprint density at radius 3 is 1.67 bits per heavy atom. The Balaban J connectivity index is 0. The first-order valence-corrected chi connectivity index (χ1v) is 3.05. The van der Waals surface area contributed by atoms with Crippen molar-refractivity contribution in [1.29, 1.82) is 0 Å². The summed E-state index contributed by atoms with van der Waals surface area (Å²) in [6.45, 7) is 0.0389. The molecular formula is C6H11ClNO4-. The van der Waals surface area contributed by atoms with Gasteiger partial charge in [0.05, 0.1) is 27.3 Å². The summed E-state index contributed by atoms with van der Waals surface area (Å²) >= 11 is 0. The lowest BCUT2D eigenvalue weighted by atomic mass is 10.6. The first-order valence-electron chi connectivity index (χ1n) is 3.05. The molecule has 0 aliphatic rings. The fourth-order valence-electron chi connectivity index (χ4n) is 0.411. The molecule has 0 bridgehead atoms. The van der Waals surface area contributed by atoms with Crippen molar-refractivity contribution >= 4 is 11.9 Å². The van der Waals surface area contributed by atoms with Crippen LogP contribution < -0.4 is 17.7 Å². The van der Waals surface area contributed by atoms with Gasteiger partial charge in [-0.2, -0.15) is 0 Å². The molecule has 0 aromatic carbocycles. The molecule has 0 unspecified atom stereocenters. The summed E-state index contributed by atoms with van der Waals surface area (Å²) in [6, 6.07) is 0. The molecule has 0 aromatic rings. The second-order valence-corrected chi connectivity index (χ2v) is 1.76. The highest BCUT2D eigenvalue weighted by atomic mass is 35.5. The van der Waals surface area contributed by atoms with E-state index in [4.69, 9.17) is 0 Å². The van der Waals surface area contributed by atoms with Gasteiger partial charge in [-0.1, -0.05) is 0 Å². The number of hydrogen-bond acceptors (Lipinski definition) is 5. The Hall–Kier alpha value is -0.810. The van der Waals surface area contributed by atoms with E-state index >= 15 is 0 Å². The topological polar surface area (TPSA) is 64.6 Å². The van der Waals surface area contributed by atoms with E-state index in [2.05, 4.69) is 14.8 Å². The number of ether oxygens (including phenoxy) is 2. The number of rotatable bonds is 4. The second-order valence-electron chi connectivity index (χ2n) is 1.76. The second kappa shape index (κ2) is 8.29. The van der Waals surface area contributed by atoms with Crippen LogP contribution in [0.15, 0.2) is 0 Å². The zero-order valence-electron chi connectivity index (χ0n) is 6.93. The molecule has 6 heteroatoms. The van der Waals surface area contributed by atoms with Gasteiger partial charge in [-0.15, -0.1) is 0 Å². The SMILES string of the molecule is COC(=O)CNCC(=O)OC.[Cl-]. The van der Waals surface area contributed by atoms with E-state index in [1.165, 1.54) is 14.2 Å². The van der Waals surface area contributed by atoms with E-state index in [-0.39, 0.29) is 25.5 Å². The molecule has 12 heavy (non-hydrogen) atoms. The summed E-state index contributed by atoms with van der Waals surface area (Å²) in [6.07, 6.45) is 0. The zero-order valence-corrected chi connectivity index (χ0v) is 7.68. The molecule has 0 aliphatic carbocycles. The third kappa shape index (κ3) is 7.30.